The Morgan fingerprint density at radius 1 is 0.781 bits per heavy atom. The average molecular weight is 469 g/mol. The maximum Gasteiger partial charge on any atom is 0.327 e. The smallest absolute Gasteiger partial charge is 0.327 e. The number of hydrogen-bond donors (Lipinski definition) is 3. The standard InChI is InChI=1S/C27H49O4P/c1-12-14-20-25(13-2,26(28,22(3,4)5)21-18-16-15-17-19-21)27(23(6,7)8,24(9,10)11)31-32(29)30/h15-19,28-30H,12-14,20H2,1-11H3. The Bertz CT molecular complexity index is 698. The van der Waals surface area contributed by atoms with Gasteiger partial charge in [0, 0.05) is 5.41 Å². The zero-order valence-electron chi connectivity index (χ0n) is 22.4. The first kappa shape index (κ1) is 29.5. The Balaban J connectivity index is 4.37. The average Bonchev–Trinajstić information content (AvgIpc) is 2.65. The molecule has 1 rings (SSSR count). The van der Waals surface area contributed by atoms with Gasteiger partial charge in [-0.2, -0.15) is 0 Å². The first-order chi connectivity index (χ1) is 14.4. The van der Waals surface area contributed by atoms with E-state index in [0.717, 1.165) is 18.4 Å². The van der Waals surface area contributed by atoms with E-state index >= 15 is 0 Å². The summed E-state index contributed by atoms with van der Waals surface area (Å²) in [6, 6.07) is 9.89. The highest BCUT2D eigenvalue weighted by molar-refractivity contribution is 7.39. The molecule has 0 saturated carbocycles. The van der Waals surface area contributed by atoms with Crippen molar-refractivity contribution in [3.8, 4) is 0 Å². The molecule has 1 aromatic carbocycles. The van der Waals surface area contributed by atoms with E-state index in [0.29, 0.717) is 12.8 Å². The van der Waals surface area contributed by atoms with Crippen molar-refractivity contribution in [2.45, 2.75) is 113 Å². The van der Waals surface area contributed by atoms with Gasteiger partial charge in [0.2, 0.25) is 0 Å². The van der Waals surface area contributed by atoms with Gasteiger partial charge in [0.05, 0.1) is 5.60 Å². The first-order valence-corrected chi connectivity index (χ1v) is 13.2. The topological polar surface area (TPSA) is 69.9 Å². The van der Waals surface area contributed by atoms with Gasteiger partial charge in [0.1, 0.15) is 5.60 Å². The third-order valence-corrected chi connectivity index (χ3v) is 7.97. The molecular formula is C27H49O4P. The van der Waals surface area contributed by atoms with Crippen LogP contribution in [-0.2, 0) is 10.1 Å². The third-order valence-electron chi connectivity index (χ3n) is 7.54. The normalized spacial score (nSPS) is 17.8. The van der Waals surface area contributed by atoms with E-state index in [1.165, 1.54) is 0 Å². The third kappa shape index (κ3) is 4.68. The van der Waals surface area contributed by atoms with E-state index in [2.05, 4.69) is 76.2 Å². The second-order valence-corrected chi connectivity index (χ2v) is 13.1. The van der Waals surface area contributed by atoms with Crippen LogP contribution in [0.25, 0.3) is 0 Å². The summed E-state index contributed by atoms with van der Waals surface area (Å²) in [4.78, 5) is 20.7. The summed E-state index contributed by atoms with van der Waals surface area (Å²) in [5.74, 6) is 0. The van der Waals surface area contributed by atoms with E-state index in [9.17, 15) is 14.9 Å². The van der Waals surface area contributed by atoms with Gasteiger partial charge in [0.15, 0.2) is 0 Å². The molecule has 0 amide bonds. The van der Waals surface area contributed by atoms with Crippen LogP contribution in [0, 0.1) is 21.7 Å². The van der Waals surface area contributed by atoms with Crippen LogP contribution in [-0.4, -0.2) is 20.5 Å². The second-order valence-electron chi connectivity index (χ2n) is 12.4. The van der Waals surface area contributed by atoms with Crippen LogP contribution in [0.2, 0.25) is 0 Å². The zero-order valence-corrected chi connectivity index (χ0v) is 23.3. The number of benzene rings is 1. The minimum absolute atomic E-state index is 0.519. The molecule has 0 spiro atoms. The summed E-state index contributed by atoms with van der Waals surface area (Å²) >= 11 is 0. The molecule has 0 heterocycles. The summed E-state index contributed by atoms with van der Waals surface area (Å²) in [7, 11) is -2.66. The van der Waals surface area contributed by atoms with Crippen molar-refractivity contribution in [1.29, 1.82) is 0 Å². The first-order valence-electron chi connectivity index (χ1n) is 12.0. The Morgan fingerprint density at radius 2 is 1.25 bits per heavy atom. The van der Waals surface area contributed by atoms with Gasteiger partial charge < -0.3 is 19.4 Å². The van der Waals surface area contributed by atoms with Crippen molar-refractivity contribution in [2.75, 3.05) is 0 Å². The van der Waals surface area contributed by atoms with E-state index < -0.39 is 41.5 Å². The van der Waals surface area contributed by atoms with E-state index in [-0.39, 0.29) is 0 Å². The molecule has 0 aliphatic heterocycles. The van der Waals surface area contributed by atoms with Crippen molar-refractivity contribution in [1.82, 2.24) is 0 Å². The SMILES string of the molecule is CCCCC(CC)(C(O)(c1ccccc1)C(C)(C)C)C(OP(O)O)(C(C)(C)C)C(C)(C)C. The molecule has 5 heteroatoms. The van der Waals surface area contributed by atoms with E-state index in [1.54, 1.807) is 0 Å². The number of aliphatic hydroxyl groups is 1. The van der Waals surface area contributed by atoms with Gasteiger partial charge in [-0.05, 0) is 34.7 Å². The lowest BCUT2D eigenvalue weighted by atomic mass is 9.40. The highest BCUT2D eigenvalue weighted by Crippen LogP contribution is 2.71. The summed E-state index contributed by atoms with van der Waals surface area (Å²) in [5, 5.41) is 13.1. The van der Waals surface area contributed by atoms with Gasteiger partial charge >= 0.3 is 8.60 Å². The quantitative estimate of drug-likeness (QED) is 0.327. The largest absolute Gasteiger partial charge is 0.384 e. The summed E-state index contributed by atoms with van der Waals surface area (Å²) in [6.07, 6.45) is 3.17. The van der Waals surface area contributed by atoms with Crippen LogP contribution < -0.4 is 0 Å². The molecule has 0 saturated heterocycles. The molecule has 2 unspecified atom stereocenters. The van der Waals surface area contributed by atoms with Crippen LogP contribution in [0.15, 0.2) is 30.3 Å². The van der Waals surface area contributed by atoms with Crippen LogP contribution >= 0.6 is 8.60 Å². The van der Waals surface area contributed by atoms with Crippen LogP contribution in [0.3, 0.4) is 0 Å². The molecule has 186 valence electrons. The van der Waals surface area contributed by atoms with Gasteiger partial charge in [0.25, 0.3) is 0 Å². The maximum atomic E-state index is 13.1. The minimum atomic E-state index is -2.66. The van der Waals surface area contributed by atoms with E-state index in [4.69, 9.17) is 4.52 Å². The van der Waals surface area contributed by atoms with Gasteiger partial charge in [-0.3, -0.25) is 0 Å². The Hall–Kier alpha value is -0.510. The predicted molar refractivity (Wildman–Crippen MR) is 136 cm³/mol. The molecule has 4 nitrogen and oxygen atoms in total. The number of hydrogen-bond acceptors (Lipinski definition) is 4. The van der Waals surface area contributed by atoms with Crippen molar-refractivity contribution >= 4 is 8.60 Å². The Morgan fingerprint density at radius 3 is 1.56 bits per heavy atom. The molecule has 0 aliphatic rings. The van der Waals surface area contributed by atoms with Gasteiger partial charge in [-0.15, -0.1) is 0 Å². The fourth-order valence-corrected chi connectivity index (χ4v) is 7.89. The van der Waals surface area contributed by atoms with E-state index in [1.807, 2.05) is 30.3 Å². The number of unbranched alkanes of at least 4 members (excludes halogenated alkanes) is 1. The Labute approximate surface area is 198 Å². The predicted octanol–water partition coefficient (Wildman–Crippen LogP) is 7.57. The molecule has 0 aromatic heterocycles. The lowest BCUT2D eigenvalue weighted by Gasteiger charge is -2.69. The number of rotatable bonds is 9. The van der Waals surface area contributed by atoms with Gasteiger partial charge in [-0.25, -0.2) is 0 Å². The highest BCUT2D eigenvalue weighted by Gasteiger charge is 2.73. The summed E-state index contributed by atoms with van der Waals surface area (Å²) in [6.45, 7) is 23.1. The molecule has 0 aliphatic carbocycles. The minimum Gasteiger partial charge on any atom is -0.384 e. The lowest BCUT2D eigenvalue weighted by Crippen LogP contribution is -2.73. The maximum absolute atomic E-state index is 13.1. The Kier molecular flexibility index (Phi) is 9.23. The fourth-order valence-electron chi connectivity index (χ4n) is 6.92. The second kappa shape index (κ2) is 10.0. The molecule has 1 aromatic rings. The molecule has 0 radical (unpaired) electrons. The van der Waals surface area contributed by atoms with Crippen LogP contribution in [0.4, 0.5) is 0 Å². The summed E-state index contributed by atoms with van der Waals surface area (Å²) < 4.78 is 6.40. The van der Waals surface area contributed by atoms with Crippen LogP contribution in [0.1, 0.15) is 107 Å². The molecule has 0 bridgehead atoms. The van der Waals surface area contributed by atoms with Crippen molar-refractivity contribution in [3.63, 3.8) is 0 Å². The molecule has 32 heavy (non-hydrogen) atoms. The van der Waals surface area contributed by atoms with Gasteiger partial charge in [-0.1, -0.05) is 119 Å². The molecular weight excluding hydrogens is 419 g/mol. The monoisotopic (exact) mass is 468 g/mol. The van der Waals surface area contributed by atoms with Crippen molar-refractivity contribution in [3.05, 3.63) is 35.9 Å². The van der Waals surface area contributed by atoms with Crippen LogP contribution in [0.5, 0.6) is 0 Å². The molecule has 2 atom stereocenters. The molecule has 3 N–H and O–H groups in total. The van der Waals surface area contributed by atoms with Crippen molar-refractivity contribution in [2.24, 2.45) is 21.7 Å². The van der Waals surface area contributed by atoms with Crippen molar-refractivity contribution < 1.29 is 19.4 Å². The summed E-state index contributed by atoms with van der Waals surface area (Å²) in [5.41, 5.74) is -3.95. The fraction of sp³-hybridized carbons (Fsp3) is 0.778. The zero-order chi connectivity index (χ0) is 25.2. The molecule has 0 fully saturated rings. The lowest BCUT2D eigenvalue weighted by molar-refractivity contribution is -0.301. The highest BCUT2D eigenvalue weighted by atomic mass is 31.2.